The van der Waals surface area contributed by atoms with Gasteiger partial charge < -0.3 is 9.64 Å². The van der Waals surface area contributed by atoms with Crippen molar-refractivity contribution < 1.29 is 9.53 Å². The van der Waals surface area contributed by atoms with Crippen LogP contribution in [0.15, 0.2) is 0 Å². The van der Waals surface area contributed by atoms with E-state index in [0.29, 0.717) is 23.3 Å². The van der Waals surface area contributed by atoms with Crippen LogP contribution in [0.2, 0.25) is 0 Å². The van der Waals surface area contributed by atoms with Crippen molar-refractivity contribution >= 4 is 5.91 Å². The summed E-state index contributed by atoms with van der Waals surface area (Å²) in [6.45, 7) is 9.28. The van der Waals surface area contributed by atoms with Gasteiger partial charge in [0.15, 0.2) is 0 Å². The molecule has 1 amide bonds. The molecule has 3 fully saturated rings. The number of rotatable bonds is 4. The molecule has 1 saturated heterocycles. The van der Waals surface area contributed by atoms with Gasteiger partial charge in [0.1, 0.15) is 0 Å². The molecular weight excluding hydrogens is 250 g/mol. The lowest BCUT2D eigenvalue weighted by atomic mass is 9.61. The van der Waals surface area contributed by atoms with Gasteiger partial charge in [-0.2, -0.15) is 0 Å². The van der Waals surface area contributed by atoms with Gasteiger partial charge in [-0.05, 0) is 56.8 Å². The molecule has 114 valence electrons. The van der Waals surface area contributed by atoms with Crippen molar-refractivity contribution in [2.45, 2.75) is 65.4 Å². The molecule has 0 radical (unpaired) electrons. The fourth-order valence-corrected chi connectivity index (χ4v) is 4.34. The van der Waals surface area contributed by atoms with Gasteiger partial charge in [0.05, 0.1) is 11.5 Å². The minimum Gasteiger partial charge on any atom is -0.378 e. The molecule has 3 rings (SSSR count). The van der Waals surface area contributed by atoms with Gasteiger partial charge in [-0.1, -0.05) is 13.8 Å². The highest BCUT2D eigenvalue weighted by atomic mass is 16.5. The van der Waals surface area contributed by atoms with Crippen molar-refractivity contribution in [1.29, 1.82) is 0 Å². The first-order valence-corrected chi connectivity index (χ1v) is 8.42. The van der Waals surface area contributed by atoms with E-state index in [0.717, 1.165) is 32.5 Å². The minimum atomic E-state index is 0.0119. The summed E-state index contributed by atoms with van der Waals surface area (Å²) >= 11 is 0. The molecule has 1 heterocycles. The lowest BCUT2D eigenvalue weighted by molar-refractivity contribution is -0.146. The smallest absolute Gasteiger partial charge is 0.229 e. The zero-order valence-electron chi connectivity index (χ0n) is 13.3. The van der Waals surface area contributed by atoms with Gasteiger partial charge in [-0.3, -0.25) is 4.79 Å². The van der Waals surface area contributed by atoms with Crippen molar-refractivity contribution in [2.24, 2.45) is 16.7 Å². The van der Waals surface area contributed by atoms with Crippen LogP contribution in [0.3, 0.4) is 0 Å². The second-order valence-corrected chi connectivity index (χ2v) is 7.59. The van der Waals surface area contributed by atoms with Crippen LogP contribution in [0.5, 0.6) is 0 Å². The second kappa shape index (κ2) is 5.01. The van der Waals surface area contributed by atoms with E-state index in [9.17, 15) is 4.79 Å². The summed E-state index contributed by atoms with van der Waals surface area (Å²) in [5.41, 5.74) is 0.517. The van der Waals surface area contributed by atoms with Crippen LogP contribution in [-0.4, -0.2) is 36.6 Å². The molecule has 0 bridgehead atoms. The van der Waals surface area contributed by atoms with E-state index >= 15 is 0 Å². The average Bonchev–Trinajstić information content (AvgIpc) is 3.19. The van der Waals surface area contributed by atoms with Crippen LogP contribution in [0.25, 0.3) is 0 Å². The molecule has 0 aromatic heterocycles. The Hall–Kier alpha value is -0.570. The zero-order chi connectivity index (χ0) is 14.4. The Morgan fingerprint density at radius 2 is 1.80 bits per heavy atom. The number of carbonyl (C=O) groups excluding carboxylic acids is 1. The molecule has 3 aliphatic rings. The van der Waals surface area contributed by atoms with E-state index in [4.69, 9.17) is 4.74 Å². The number of nitrogens with zero attached hydrogens (tertiary/aromatic N) is 1. The summed E-state index contributed by atoms with van der Waals surface area (Å²) in [4.78, 5) is 14.9. The first-order valence-electron chi connectivity index (χ1n) is 8.42. The number of piperidine rings is 1. The number of hydrogen-bond donors (Lipinski definition) is 0. The largest absolute Gasteiger partial charge is 0.378 e. The maximum atomic E-state index is 12.7. The summed E-state index contributed by atoms with van der Waals surface area (Å²) in [5, 5.41) is 0. The van der Waals surface area contributed by atoms with Gasteiger partial charge in [0.2, 0.25) is 5.91 Å². The van der Waals surface area contributed by atoms with Gasteiger partial charge in [-0.15, -0.1) is 0 Å². The number of hydrogen-bond acceptors (Lipinski definition) is 2. The highest BCUT2D eigenvalue weighted by Gasteiger charge is 2.55. The van der Waals surface area contributed by atoms with E-state index in [1.54, 1.807) is 0 Å². The third-order valence-electron chi connectivity index (χ3n) is 6.15. The fraction of sp³-hybridized carbons (Fsp3) is 0.941. The monoisotopic (exact) mass is 279 g/mol. The molecule has 0 atom stereocenters. The van der Waals surface area contributed by atoms with Crippen LogP contribution in [0.1, 0.15) is 59.3 Å². The van der Waals surface area contributed by atoms with Gasteiger partial charge in [0.25, 0.3) is 0 Å². The van der Waals surface area contributed by atoms with Gasteiger partial charge in [-0.25, -0.2) is 0 Å². The summed E-state index contributed by atoms with van der Waals surface area (Å²) in [6.07, 6.45) is 7.53. The molecule has 0 N–H and O–H groups in total. The van der Waals surface area contributed by atoms with E-state index in [-0.39, 0.29) is 5.41 Å². The fourth-order valence-electron chi connectivity index (χ4n) is 4.34. The molecule has 3 heteroatoms. The Morgan fingerprint density at radius 1 is 1.20 bits per heavy atom. The Morgan fingerprint density at radius 3 is 2.25 bits per heavy atom. The predicted molar refractivity (Wildman–Crippen MR) is 79.4 cm³/mol. The third kappa shape index (κ3) is 2.28. The lowest BCUT2D eigenvalue weighted by Crippen LogP contribution is -2.52. The number of amides is 1. The van der Waals surface area contributed by atoms with E-state index in [2.05, 4.69) is 25.7 Å². The van der Waals surface area contributed by atoms with Crippen LogP contribution < -0.4 is 0 Å². The molecule has 1 aliphatic heterocycles. The highest BCUT2D eigenvalue weighted by molar-refractivity contribution is 5.85. The van der Waals surface area contributed by atoms with Crippen molar-refractivity contribution in [2.75, 3.05) is 19.7 Å². The number of carbonyl (C=O) groups is 1. The van der Waals surface area contributed by atoms with E-state index in [1.165, 1.54) is 25.7 Å². The standard InChI is InChI=1S/C17H29NO2/c1-4-20-14-11-16(12-14)7-9-18(10-8-16)15(19)17(5-6-17)13(2)3/h13-14H,4-12H2,1-3H3. The predicted octanol–water partition coefficient (Wildman–Crippen LogP) is 3.23. The van der Waals surface area contributed by atoms with Crippen molar-refractivity contribution in [1.82, 2.24) is 4.90 Å². The lowest BCUT2D eigenvalue weighted by Gasteiger charge is -2.52. The Kier molecular flexibility index (Phi) is 3.60. The Bertz CT molecular complexity index is 370. The summed E-state index contributed by atoms with van der Waals surface area (Å²) in [7, 11) is 0. The molecule has 2 aliphatic carbocycles. The van der Waals surface area contributed by atoms with Crippen LogP contribution in [-0.2, 0) is 9.53 Å². The van der Waals surface area contributed by atoms with Gasteiger partial charge in [0, 0.05) is 19.7 Å². The molecule has 0 unspecified atom stereocenters. The maximum Gasteiger partial charge on any atom is 0.229 e. The minimum absolute atomic E-state index is 0.0119. The zero-order valence-corrected chi connectivity index (χ0v) is 13.3. The van der Waals surface area contributed by atoms with Crippen LogP contribution in [0, 0.1) is 16.7 Å². The molecule has 3 nitrogen and oxygen atoms in total. The molecule has 1 spiro atoms. The number of ether oxygens (including phenoxy) is 1. The van der Waals surface area contributed by atoms with E-state index < -0.39 is 0 Å². The Balaban J connectivity index is 1.51. The quantitative estimate of drug-likeness (QED) is 0.790. The summed E-state index contributed by atoms with van der Waals surface area (Å²) in [6, 6.07) is 0. The number of likely N-dealkylation sites (tertiary alicyclic amines) is 1. The summed E-state index contributed by atoms with van der Waals surface area (Å²) in [5.74, 6) is 0.944. The average molecular weight is 279 g/mol. The Labute approximate surface area is 123 Å². The molecule has 0 aromatic carbocycles. The first-order chi connectivity index (χ1) is 9.51. The normalized spacial score (nSPS) is 27.7. The second-order valence-electron chi connectivity index (χ2n) is 7.59. The maximum absolute atomic E-state index is 12.7. The molecule has 2 saturated carbocycles. The highest BCUT2D eigenvalue weighted by Crippen LogP contribution is 2.55. The molecular formula is C17H29NO2. The summed E-state index contributed by atoms with van der Waals surface area (Å²) < 4.78 is 5.69. The van der Waals surface area contributed by atoms with E-state index in [1.807, 2.05) is 0 Å². The van der Waals surface area contributed by atoms with Crippen molar-refractivity contribution in [3.8, 4) is 0 Å². The first kappa shape index (κ1) is 14.4. The van der Waals surface area contributed by atoms with Crippen molar-refractivity contribution in [3.05, 3.63) is 0 Å². The molecule has 20 heavy (non-hydrogen) atoms. The SMILES string of the molecule is CCOC1CC2(CCN(C(=O)C3(C(C)C)CC3)CC2)C1. The van der Waals surface area contributed by atoms with Gasteiger partial charge >= 0.3 is 0 Å². The van der Waals surface area contributed by atoms with Crippen LogP contribution in [0.4, 0.5) is 0 Å². The van der Waals surface area contributed by atoms with Crippen molar-refractivity contribution in [3.63, 3.8) is 0 Å². The topological polar surface area (TPSA) is 29.5 Å². The third-order valence-corrected chi connectivity index (χ3v) is 6.15. The van der Waals surface area contributed by atoms with Crippen LogP contribution >= 0.6 is 0 Å². The molecule has 0 aromatic rings.